The van der Waals surface area contributed by atoms with Crippen molar-refractivity contribution in [3.05, 3.63) is 94.9 Å². The number of imide groups is 1. The SMILES string of the molecule is Cc1ccccc1NC(=O)CN1C(=O)S/C(=C/c2c3ccccc3cc3ccccc23)C1=O. The summed E-state index contributed by atoms with van der Waals surface area (Å²) in [6.07, 6.45) is 1.77. The molecule has 4 aromatic rings. The summed E-state index contributed by atoms with van der Waals surface area (Å²) in [4.78, 5) is 39.5. The van der Waals surface area contributed by atoms with Crippen molar-refractivity contribution >= 4 is 62.1 Å². The topological polar surface area (TPSA) is 66.5 Å². The van der Waals surface area contributed by atoms with Gasteiger partial charge in [-0.25, -0.2) is 0 Å². The van der Waals surface area contributed by atoms with Crippen molar-refractivity contribution in [3.8, 4) is 0 Å². The number of hydrogen-bond acceptors (Lipinski definition) is 4. The van der Waals surface area contributed by atoms with E-state index < -0.39 is 17.1 Å². The molecule has 0 atom stereocenters. The van der Waals surface area contributed by atoms with E-state index in [1.807, 2.05) is 73.7 Å². The summed E-state index contributed by atoms with van der Waals surface area (Å²) in [5.41, 5.74) is 2.45. The zero-order valence-corrected chi connectivity index (χ0v) is 18.7. The van der Waals surface area contributed by atoms with Gasteiger partial charge in [-0.15, -0.1) is 0 Å². The smallest absolute Gasteiger partial charge is 0.294 e. The minimum absolute atomic E-state index is 0.310. The van der Waals surface area contributed by atoms with Crippen LogP contribution in [0, 0.1) is 6.92 Å². The van der Waals surface area contributed by atoms with Gasteiger partial charge in [0.2, 0.25) is 5.91 Å². The van der Waals surface area contributed by atoms with Crippen LogP contribution >= 0.6 is 11.8 Å². The van der Waals surface area contributed by atoms with Crippen molar-refractivity contribution in [1.29, 1.82) is 0 Å². The molecule has 1 heterocycles. The Hall–Kier alpha value is -3.90. The standard InChI is InChI=1S/C27H20N2O3S/c1-17-8-2-7-13-23(17)28-25(30)16-29-26(31)24(33-27(29)32)15-22-20-11-5-3-9-18(20)14-19-10-4-6-12-21(19)22/h2-15H,16H2,1H3,(H,28,30)/b24-15+. The number of carbonyl (C=O) groups is 3. The van der Waals surface area contributed by atoms with E-state index in [0.717, 1.165) is 49.3 Å². The average molecular weight is 453 g/mol. The second-order valence-corrected chi connectivity index (χ2v) is 8.86. The summed E-state index contributed by atoms with van der Waals surface area (Å²) >= 11 is 0.864. The number of carbonyl (C=O) groups excluding carboxylic acids is 3. The van der Waals surface area contributed by atoms with Crippen LogP contribution in [0.25, 0.3) is 27.6 Å². The molecular formula is C27H20N2O3S. The first-order valence-electron chi connectivity index (χ1n) is 10.5. The summed E-state index contributed by atoms with van der Waals surface area (Å²) in [6, 6.07) is 25.4. The maximum atomic E-state index is 13.1. The number of fused-ring (bicyclic) bond motifs is 2. The number of hydrogen-bond donors (Lipinski definition) is 1. The maximum absolute atomic E-state index is 13.1. The van der Waals surface area contributed by atoms with Crippen LogP contribution in [-0.2, 0) is 9.59 Å². The van der Waals surface area contributed by atoms with Crippen molar-refractivity contribution < 1.29 is 14.4 Å². The van der Waals surface area contributed by atoms with Gasteiger partial charge in [-0.2, -0.15) is 0 Å². The predicted octanol–water partition coefficient (Wildman–Crippen LogP) is 5.98. The zero-order valence-electron chi connectivity index (χ0n) is 17.9. The van der Waals surface area contributed by atoms with Gasteiger partial charge in [0.25, 0.3) is 11.1 Å². The van der Waals surface area contributed by atoms with Crippen LogP contribution in [0.15, 0.2) is 83.8 Å². The lowest BCUT2D eigenvalue weighted by atomic mass is 9.96. The van der Waals surface area contributed by atoms with Crippen LogP contribution in [0.5, 0.6) is 0 Å². The molecule has 0 unspecified atom stereocenters. The molecule has 5 nitrogen and oxygen atoms in total. The van der Waals surface area contributed by atoms with Gasteiger partial charge in [-0.05, 0) is 69.6 Å². The second-order valence-electron chi connectivity index (χ2n) is 7.86. The number of aryl methyl sites for hydroxylation is 1. The fourth-order valence-corrected chi connectivity index (χ4v) is 4.84. The highest BCUT2D eigenvalue weighted by Crippen LogP contribution is 2.36. The van der Waals surface area contributed by atoms with Crippen molar-refractivity contribution in [2.24, 2.45) is 0 Å². The highest BCUT2D eigenvalue weighted by molar-refractivity contribution is 8.18. The zero-order chi connectivity index (χ0) is 22.9. The lowest BCUT2D eigenvalue weighted by molar-refractivity contribution is -0.127. The van der Waals surface area contributed by atoms with Gasteiger partial charge in [0.05, 0.1) is 4.91 Å². The van der Waals surface area contributed by atoms with Crippen molar-refractivity contribution in [3.63, 3.8) is 0 Å². The van der Waals surface area contributed by atoms with Gasteiger partial charge in [0, 0.05) is 5.69 Å². The van der Waals surface area contributed by atoms with E-state index in [-0.39, 0.29) is 6.54 Å². The summed E-state index contributed by atoms with van der Waals surface area (Å²) in [7, 11) is 0. The van der Waals surface area contributed by atoms with E-state index in [1.165, 1.54) is 0 Å². The molecule has 5 rings (SSSR count). The van der Waals surface area contributed by atoms with E-state index in [1.54, 1.807) is 12.1 Å². The number of benzene rings is 4. The summed E-state index contributed by atoms with van der Waals surface area (Å²) in [6.45, 7) is 1.56. The minimum atomic E-state index is -0.457. The van der Waals surface area contributed by atoms with E-state index in [4.69, 9.17) is 0 Å². The Morgan fingerprint density at radius 2 is 1.52 bits per heavy atom. The van der Waals surface area contributed by atoms with Crippen molar-refractivity contribution in [2.75, 3.05) is 11.9 Å². The maximum Gasteiger partial charge on any atom is 0.294 e. The molecule has 1 N–H and O–H groups in total. The number of nitrogens with one attached hydrogen (secondary N) is 1. The monoisotopic (exact) mass is 452 g/mol. The van der Waals surface area contributed by atoms with Crippen LogP contribution in [0.2, 0.25) is 0 Å². The Morgan fingerprint density at radius 3 is 2.18 bits per heavy atom. The lowest BCUT2D eigenvalue weighted by Gasteiger charge is -2.13. The van der Waals surface area contributed by atoms with Gasteiger partial charge < -0.3 is 5.32 Å². The van der Waals surface area contributed by atoms with Crippen LogP contribution in [0.1, 0.15) is 11.1 Å². The van der Waals surface area contributed by atoms with E-state index in [9.17, 15) is 14.4 Å². The van der Waals surface area contributed by atoms with Crippen LogP contribution in [0.3, 0.4) is 0 Å². The normalized spacial score (nSPS) is 15.1. The molecule has 0 aliphatic carbocycles. The Balaban J connectivity index is 1.47. The Bertz CT molecular complexity index is 1420. The van der Waals surface area contributed by atoms with E-state index in [2.05, 4.69) is 11.4 Å². The van der Waals surface area contributed by atoms with Crippen LogP contribution in [0.4, 0.5) is 10.5 Å². The third-order valence-corrected chi connectivity index (χ3v) is 6.59. The molecular weight excluding hydrogens is 432 g/mol. The molecule has 1 fully saturated rings. The fourth-order valence-electron chi connectivity index (χ4n) is 4.02. The summed E-state index contributed by atoms with van der Waals surface area (Å²) in [5.74, 6) is -0.870. The predicted molar refractivity (Wildman–Crippen MR) is 134 cm³/mol. The first-order chi connectivity index (χ1) is 16.0. The Kier molecular flexibility index (Phi) is 5.44. The molecule has 3 amide bonds. The number of rotatable bonds is 4. The molecule has 0 radical (unpaired) electrons. The van der Waals surface area contributed by atoms with Gasteiger partial charge in [0.1, 0.15) is 6.54 Å². The second kappa shape index (κ2) is 8.56. The third kappa shape index (κ3) is 4.01. The lowest BCUT2D eigenvalue weighted by Crippen LogP contribution is -2.36. The molecule has 33 heavy (non-hydrogen) atoms. The van der Waals surface area contributed by atoms with Crippen LogP contribution < -0.4 is 5.32 Å². The molecule has 1 saturated heterocycles. The van der Waals surface area contributed by atoms with Crippen molar-refractivity contribution in [2.45, 2.75) is 6.92 Å². The average Bonchev–Trinajstić information content (AvgIpc) is 3.07. The molecule has 4 aromatic carbocycles. The van der Waals surface area contributed by atoms with Crippen LogP contribution in [-0.4, -0.2) is 28.5 Å². The molecule has 1 aliphatic heterocycles. The quantitative estimate of drug-likeness (QED) is 0.306. The largest absolute Gasteiger partial charge is 0.324 e. The number of nitrogens with zero attached hydrogens (tertiary/aromatic N) is 1. The summed E-state index contributed by atoms with van der Waals surface area (Å²) < 4.78 is 0. The molecule has 0 spiro atoms. The molecule has 0 saturated carbocycles. The Labute approximate surface area is 195 Å². The molecule has 0 bridgehead atoms. The first kappa shape index (κ1) is 21.0. The minimum Gasteiger partial charge on any atom is -0.324 e. The van der Waals surface area contributed by atoms with Crippen molar-refractivity contribution in [1.82, 2.24) is 4.90 Å². The van der Waals surface area contributed by atoms with Gasteiger partial charge >= 0.3 is 0 Å². The molecule has 1 aliphatic rings. The van der Waals surface area contributed by atoms with E-state index >= 15 is 0 Å². The van der Waals surface area contributed by atoms with Gasteiger partial charge in [0.15, 0.2) is 0 Å². The third-order valence-electron chi connectivity index (χ3n) is 5.68. The molecule has 6 heteroatoms. The Morgan fingerprint density at radius 1 is 0.909 bits per heavy atom. The fraction of sp³-hybridized carbons (Fsp3) is 0.0741. The highest BCUT2D eigenvalue weighted by atomic mass is 32.2. The summed E-state index contributed by atoms with van der Waals surface area (Å²) in [5, 5.41) is 6.44. The first-order valence-corrected chi connectivity index (χ1v) is 11.3. The number of amides is 3. The highest BCUT2D eigenvalue weighted by Gasteiger charge is 2.36. The number of para-hydroxylation sites is 1. The van der Waals surface area contributed by atoms with E-state index in [0.29, 0.717) is 10.6 Å². The number of thioether (sulfide) groups is 1. The molecule has 0 aromatic heterocycles. The van der Waals surface area contributed by atoms with Gasteiger partial charge in [-0.1, -0.05) is 66.7 Å². The molecule has 162 valence electrons. The number of anilines is 1. The van der Waals surface area contributed by atoms with Gasteiger partial charge in [-0.3, -0.25) is 19.3 Å².